The molecular formula is C22H31FN4O6. The molecule has 1 aromatic carbocycles. The number of hydrogen-bond donors (Lipinski definition) is 6. The number of hydrogen-bond acceptors (Lipinski definition) is 6. The van der Waals surface area contributed by atoms with E-state index < -0.39 is 61.3 Å². The highest BCUT2D eigenvalue weighted by Gasteiger charge is 2.22. The van der Waals surface area contributed by atoms with Gasteiger partial charge in [-0.2, -0.15) is 0 Å². The van der Waals surface area contributed by atoms with Crippen molar-refractivity contribution in [3.05, 3.63) is 41.7 Å². The summed E-state index contributed by atoms with van der Waals surface area (Å²) in [5.74, 6) is -2.84. The summed E-state index contributed by atoms with van der Waals surface area (Å²) in [5.41, 5.74) is 0.555. The second-order valence-corrected chi connectivity index (χ2v) is 7.62. The van der Waals surface area contributed by atoms with E-state index in [1.165, 1.54) is 30.3 Å². The van der Waals surface area contributed by atoms with E-state index in [0.29, 0.717) is 18.0 Å². The maximum atomic E-state index is 12.9. The number of rotatable bonds is 13. The average Bonchev–Trinajstić information content (AvgIpc) is 2.78. The highest BCUT2D eigenvalue weighted by atomic mass is 19.1. The van der Waals surface area contributed by atoms with Crippen LogP contribution in [0.2, 0.25) is 0 Å². The maximum absolute atomic E-state index is 12.9. The van der Waals surface area contributed by atoms with Gasteiger partial charge in [-0.15, -0.1) is 0 Å². The molecule has 0 fully saturated rings. The van der Waals surface area contributed by atoms with Crippen LogP contribution in [-0.4, -0.2) is 72.2 Å². The molecule has 1 aromatic rings. The summed E-state index contributed by atoms with van der Waals surface area (Å²) < 4.78 is 12.9. The number of carbonyl (C=O) groups is 4. The molecule has 0 spiro atoms. The van der Waals surface area contributed by atoms with Crippen LogP contribution in [0.5, 0.6) is 0 Å². The Morgan fingerprint density at radius 2 is 1.52 bits per heavy atom. The van der Waals surface area contributed by atoms with Crippen LogP contribution in [0.1, 0.15) is 25.8 Å². The largest absolute Gasteiger partial charge is 0.394 e. The normalized spacial score (nSPS) is 12.8. The van der Waals surface area contributed by atoms with E-state index in [9.17, 15) is 33.8 Å². The molecule has 33 heavy (non-hydrogen) atoms. The van der Waals surface area contributed by atoms with Crippen LogP contribution in [0, 0.1) is 11.7 Å². The first kappa shape index (κ1) is 27.7. The minimum Gasteiger partial charge on any atom is -0.394 e. The van der Waals surface area contributed by atoms with E-state index >= 15 is 0 Å². The molecule has 1 rings (SSSR count). The van der Waals surface area contributed by atoms with Crippen LogP contribution < -0.4 is 21.3 Å². The summed E-state index contributed by atoms with van der Waals surface area (Å²) in [6.07, 6.45) is 3.25. The molecular weight excluding hydrogens is 435 g/mol. The van der Waals surface area contributed by atoms with Gasteiger partial charge in [0, 0.05) is 12.6 Å². The molecule has 0 aliphatic rings. The van der Waals surface area contributed by atoms with Crippen molar-refractivity contribution in [2.45, 2.75) is 32.4 Å². The Morgan fingerprint density at radius 1 is 0.939 bits per heavy atom. The summed E-state index contributed by atoms with van der Waals surface area (Å²) in [5, 5.41) is 28.1. The molecule has 11 heteroatoms. The number of aliphatic hydroxyl groups excluding tert-OH is 2. The zero-order chi connectivity index (χ0) is 24.8. The van der Waals surface area contributed by atoms with Gasteiger partial charge in [-0.3, -0.25) is 19.2 Å². The lowest BCUT2D eigenvalue weighted by molar-refractivity contribution is -0.132. The molecule has 0 heterocycles. The molecule has 0 saturated carbocycles. The minimum absolute atomic E-state index is 0.376. The second-order valence-electron chi connectivity index (χ2n) is 7.62. The van der Waals surface area contributed by atoms with E-state index in [0.717, 1.165) is 12.5 Å². The zero-order valence-electron chi connectivity index (χ0n) is 18.6. The first-order valence-corrected chi connectivity index (χ1v) is 10.5. The van der Waals surface area contributed by atoms with Crippen molar-refractivity contribution in [2.75, 3.05) is 26.3 Å². The van der Waals surface area contributed by atoms with E-state index in [-0.39, 0.29) is 0 Å². The van der Waals surface area contributed by atoms with Gasteiger partial charge >= 0.3 is 0 Å². The van der Waals surface area contributed by atoms with Gasteiger partial charge in [0.25, 0.3) is 0 Å². The molecule has 0 unspecified atom stereocenters. The van der Waals surface area contributed by atoms with Crippen molar-refractivity contribution >= 4 is 29.7 Å². The van der Waals surface area contributed by atoms with E-state index in [4.69, 9.17) is 0 Å². The molecule has 182 valence electrons. The second kappa shape index (κ2) is 14.7. The highest BCUT2D eigenvalue weighted by Crippen LogP contribution is 2.04. The quantitative estimate of drug-likeness (QED) is 0.206. The topological polar surface area (TPSA) is 157 Å². The van der Waals surface area contributed by atoms with Crippen molar-refractivity contribution in [1.82, 2.24) is 21.3 Å². The first-order valence-electron chi connectivity index (χ1n) is 10.5. The van der Waals surface area contributed by atoms with Crippen LogP contribution in [0.3, 0.4) is 0 Å². The Bertz CT molecular complexity index is 829. The predicted molar refractivity (Wildman–Crippen MR) is 119 cm³/mol. The van der Waals surface area contributed by atoms with E-state index in [1.54, 1.807) is 0 Å². The lowest BCUT2D eigenvalue weighted by Crippen LogP contribution is -2.54. The fourth-order valence-electron chi connectivity index (χ4n) is 2.50. The van der Waals surface area contributed by atoms with Crippen molar-refractivity contribution < 1.29 is 33.8 Å². The van der Waals surface area contributed by atoms with Crippen molar-refractivity contribution in [2.24, 2.45) is 5.92 Å². The van der Waals surface area contributed by atoms with Gasteiger partial charge in [0.1, 0.15) is 17.9 Å². The van der Waals surface area contributed by atoms with Crippen LogP contribution in [0.25, 0.3) is 6.08 Å². The smallest absolute Gasteiger partial charge is 0.245 e. The van der Waals surface area contributed by atoms with Gasteiger partial charge in [-0.1, -0.05) is 26.0 Å². The molecule has 10 nitrogen and oxygen atoms in total. The number of nitrogens with one attached hydrogen (secondary N) is 4. The fraction of sp³-hybridized carbons (Fsp3) is 0.455. The monoisotopic (exact) mass is 466 g/mol. The van der Waals surface area contributed by atoms with Crippen LogP contribution >= 0.6 is 0 Å². The first-order chi connectivity index (χ1) is 15.7. The number of carbonyl (C=O) groups excluding carboxylic acids is 4. The van der Waals surface area contributed by atoms with Gasteiger partial charge in [-0.05, 0) is 36.1 Å². The Labute approximate surface area is 191 Å². The average molecular weight is 467 g/mol. The van der Waals surface area contributed by atoms with Crippen LogP contribution in [0.4, 0.5) is 4.39 Å². The molecule has 0 saturated heterocycles. The molecule has 0 aromatic heterocycles. The van der Waals surface area contributed by atoms with Gasteiger partial charge in [-0.25, -0.2) is 4.39 Å². The highest BCUT2D eigenvalue weighted by molar-refractivity contribution is 5.96. The third kappa shape index (κ3) is 11.2. The Hall–Kier alpha value is -3.31. The van der Waals surface area contributed by atoms with Gasteiger partial charge < -0.3 is 31.5 Å². The zero-order valence-corrected chi connectivity index (χ0v) is 18.6. The molecule has 0 radical (unpaired) electrons. The lowest BCUT2D eigenvalue weighted by Gasteiger charge is -2.18. The van der Waals surface area contributed by atoms with Crippen molar-refractivity contribution in [3.8, 4) is 0 Å². The van der Waals surface area contributed by atoms with E-state index in [2.05, 4.69) is 21.3 Å². The van der Waals surface area contributed by atoms with Gasteiger partial charge in [0.15, 0.2) is 0 Å². The lowest BCUT2D eigenvalue weighted by atomic mass is 10.1. The fourth-order valence-corrected chi connectivity index (χ4v) is 2.50. The number of benzene rings is 1. The Balaban J connectivity index is 2.48. The summed E-state index contributed by atoms with van der Waals surface area (Å²) in [6.45, 7) is 2.50. The molecule has 4 amide bonds. The molecule has 6 N–H and O–H groups in total. The third-order valence-electron chi connectivity index (χ3n) is 4.39. The predicted octanol–water partition coefficient (Wildman–Crippen LogP) is -0.928. The third-order valence-corrected chi connectivity index (χ3v) is 4.39. The van der Waals surface area contributed by atoms with Crippen molar-refractivity contribution in [3.63, 3.8) is 0 Å². The van der Waals surface area contributed by atoms with Gasteiger partial charge in [0.05, 0.1) is 19.8 Å². The molecule has 0 aliphatic carbocycles. The number of amides is 4. The summed E-state index contributed by atoms with van der Waals surface area (Å²) in [7, 11) is 0. The van der Waals surface area contributed by atoms with Crippen LogP contribution in [0.15, 0.2) is 30.3 Å². The molecule has 0 bridgehead atoms. The number of halogens is 1. The maximum Gasteiger partial charge on any atom is 0.245 e. The van der Waals surface area contributed by atoms with Gasteiger partial charge in [0.2, 0.25) is 23.6 Å². The summed E-state index contributed by atoms with van der Waals surface area (Å²) in [6, 6.07) is 2.87. The minimum atomic E-state index is -1.32. The SMILES string of the molecule is CC(C)CCNC(=O)[C@H](CO)NC(=O)CNC(=O)[C@H](CO)NC(=O)/C=C/c1ccc(F)cc1. The number of aliphatic hydroxyl groups is 2. The standard InChI is InChI=1S/C22H31FN4O6/c1-14(2)9-10-24-21(32)17(12-28)27-20(31)11-25-22(33)18(13-29)26-19(30)8-5-15-3-6-16(23)7-4-15/h3-8,14,17-18,28-29H,9-13H2,1-2H3,(H,24,32)(H,25,33)(H,26,30)(H,27,31)/b8-5+/t17-,18-/m0/s1. The summed E-state index contributed by atoms with van der Waals surface area (Å²) in [4.78, 5) is 48.2. The van der Waals surface area contributed by atoms with E-state index in [1.807, 2.05) is 13.8 Å². The van der Waals surface area contributed by atoms with Crippen LogP contribution in [-0.2, 0) is 19.2 Å². The molecule has 2 atom stereocenters. The Kier molecular flexibility index (Phi) is 12.3. The van der Waals surface area contributed by atoms with Crippen molar-refractivity contribution in [1.29, 1.82) is 0 Å². The Morgan fingerprint density at radius 3 is 2.09 bits per heavy atom. The molecule has 0 aliphatic heterocycles. The summed E-state index contributed by atoms with van der Waals surface area (Å²) >= 11 is 0.